The second-order valence-corrected chi connectivity index (χ2v) is 11.9. The Morgan fingerprint density at radius 3 is 2.37 bits per heavy atom. The quantitative estimate of drug-likeness (QED) is 0.315. The van der Waals surface area contributed by atoms with Gasteiger partial charge in [0.05, 0.1) is 48.4 Å². The van der Waals surface area contributed by atoms with E-state index in [2.05, 4.69) is 16.1 Å². The Kier molecular flexibility index (Phi) is 9.91. The van der Waals surface area contributed by atoms with Gasteiger partial charge in [0, 0.05) is 17.7 Å². The number of para-hydroxylation sites is 1. The van der Waals surface area contributed by atoms with Gasteiger partial charge in [-0.25, -0.2) is 8.42 Å². The molecular weight excluding hydrogens is 552 g/mol. The van der Waals surface area contributed by atoms with E-state index in [1.807, 2.05) is 35.2 Å². The van der Waals surface area contributed by atoms with Crippen LogP contribution >= 0.6 is 0 Å². The van der Waals surface area contributed by atoms with Crippen molar-refractivity contribution in [1.29, 1.82) is 5.26 Å². The summed E-state index contributed by atoms with van der Waals surface area (Å²) < 4.78 is 60.5. The topological polar surface area (TPSA) is 109 Å². The monoisotopic (exact) mass is 583 g/mol. The van der Waals surface area contributed by atoms with Gasteiger partial charge in [0.1, 0.15) is 11.9 Å². The summed E-state index contributed by atoms with van der Waals surface area (Å²) in [5.74, 6) is 0.249. The third-order valence-electron chi connectivity index (χ3n) is 6.92. The molecule has 0 spiro atoms. The first kappa shape index (κ1) is 30.0. The van der Waals surface area contributed by atoms with Crippen molar-refractivity contribution in [1.82, 2.24) is 5.32 Å². The van der Waals surface area contributed by atoms with Crippen LogP contribution in [0.1, 0.15) is 41.7 Å². The molecule has 4 rings (SSSR count). The highest BCUT2D eigenvalue weighted by molar-refractivity contribution is 7.91. The van der Waals surface area contributed by atoms with Gasteiger partial charge in [-0.05, 0) is 54.1 Å². The number of carbonyl (C=O) groups is 1. The van der Waals surface area contributed by atoms with Gasteiger partial charge in [0.25, 0.3) is 5.91 Å². The largest absolute Gasteiger partial charge is 0.489 e. The number of anilines is 1. The van der Waals surface area contributed by atoms with Gasteiger partial charge in [-0.3, -0.25) is 4.79 Å². The molecule has 0 unspecified atom stereocenters. The molecule has 216 valence electrons. The number of amides is 1. The number of nitriles is 1. The van der Waals surface area contributed by atoms with E-state index in [-0.39, 0.29) is 35.8 Å². The lowest BCUT2D eigenvalue weighted by molar-refractivity contribution is -0.131. The fourth-order valence-corrected chi connectivity index (χ4v) is 5.66. The van der Waals surface area contributed by atoms with Crippen molar-refractivity contribution in [2.75, 3.05) is 23.8 Å². The molecule has 0 aliphatic carbocycles. The maximum absolute atomic E-state index is 13.1. The second kappa shape index (κ2) is 13.6. The summed E-state index contributed by atoms with van der Waals surface area (Å²) in [6.45, 7) is -1.05. The molecule has 0 bridgehead atoms. The van der Waals surface area contributed by atoms with Gasteiger partial charge in [-0.1, -0.05) is 37.3 Å². The third-order valence-corrected chi connectivity index (χ3v) is 8.67. The van der Waals surface area contributed by atoms with Gasteiger partial charge < -0.3 is 19.7 Å². The van der Waals surface area contributed by atoms with Crippen molar-refractivity contribution in [3.05, 3.63) is 90.0 Å². The zero-order chi connectivity index (χ0) is 29.4. The molecule has 3 aromatic rings. The normalized spacial score (nSPS) is 17.7. The number of rotatable bonds is 12. The second-order valence-electron chi connectivity index (χ2n) is 9.60. The average Bonchev–Trinajstić information content (AvgIpc) is 3.38. The molecule has 1 heterocycles. The van der Waals surface area contributed by atoms with Crippen LogP contribution in [-0.4, -0.2) is 52.0 Å². The van der Waals surface area contributed by atoms with Crippen LogP contribution in [0.25, 0.3) is 0 Å². The van der Waals surface area contributed by atoms with Crippen molar-refractivity contribution in [2.24, 2.45) is 0 Å². The number of carbonyl (C=O) groups excluding carboxylic acids is 1. The number of nitrogens with zero attached hydrogens (tertiary/aromatic N) is 2. The first-order valence-electron chi connectivity index (χ1n) is 13.2. The molecule has 11 heteroatoms. The van der Waals surface area contributed by atoms with Gasteiger partial charge in [0.15, 0.2) is 9.84 Å². The number of hydrogen-bond acceptors (Lipinski definition) is 7. The molecule has 1 fully saturated rings. The molecule has 1 aliphatic rings. The van der Waals surface area contributed by atoms with E-state index in [1.54, 1.807) is 43.3 Å². The maximum Gasteiger partial charge on any atom is 0.345 e. The maximum atomic E-state index is 13.1. The lowest BCUT2D eigenvalue weighted by Crippen LogP contribution is -2.34. The minimum atomic E-state index is -3.37. The van der Waals surface area contributed by atoms with E-state index >= 15 is 0 Å². The molecule has 41 heavy (non-hydrogen) atoms. The summed E-state index contributed by atoms with van der Waals surface area (Å²) in [6, 6.07) is 23.2. The van der Waals surface area contributed by atoms with Crippen molar-refractivity contribution in [3.63, 3.8) is 0 Å². The van der Waals surface area contributed by atoms with E-state index < -0.39 is 28.4 Å². The zero-order valence-corrected chi connectivity index (χ0v) is 23.3. The third kappa shape index (κ3) is 7.80. The van der Waals surface area contributed by atoms with Crippen LogP contribution in [0.4, 0.5) is 14.5 Å². The lowest BCUT2D eigenvalue weighted by atomic mass is 10.0. The number of sulfone groups is 1. The SMILES string of the molecule is CCS(=O)(=O)c1ccc([C@H](CC#N)NC(=O)c2ccc(N3C[C@@H](Oc4ccccc4)C[C@H]3COC(F)F)cc2)cc1. The van der Waals surface area contributed by atoms with Crippen molar-refractivity contribution >= 4 is 21.4 Å². The summed E-state index contributed by atoms with van der Waals surface area (Å²) in [6.07, 6.45) is 0.238. The number of hydrogen-bond donors (Lipinski definition) is 1. The Labute approximate surface area is 238 Å². The van der Waals surface area contributed by atoms with E-state index in [9.17, 15) is 27.3 Å². The highest BCUT2D eigenvalue weighted by Gasteiger charge is 2.34. The molecule has 0 aromatic heterocycles. The minimum absolute atomic E-state index is 0.00784. The molecule has 1 amide bonds. The molecule has 1 saturated heterocycles. The van der Waals surface area contributed by atoms with Crippen molar-refractivity contribution in [2.45, 2.75) is 49.5 Å². The molecule has 0 radical (unpaired) electrons. The van der Waals surface area contributed by atoms with E-state index in [1.165, 1.54) is 12.1 Å². The first-order valence-corrected chi connectivity index (χ1v) is 14.8. The molecule has 1 aliphatic heterocycles. The number of ether oxygens (including phenoxy) is 2. The molecule has 3 aromatic carbocycles. The fourth-order valence-electron chi connectivity index (χ4n) is 4.77. The molecule has 8 nitrogen and oxygen atoms in total. The average molecular weight is 584 g/mol. The summed E-state index contributed by atoms with van der Waals surface area (Å²) in [5, 5.41) is 12.1. The van der Waals surface area contributed by atoms with Crippen LogP contribution in [-0.2, 0) is 14.6 Å². The Morgan fingerprint density at radius 2 is 1.76 bits per heavy atom. The molecule has 1 N–H and O–H groups in total. The van der Waals surface area contributed by atoms with E-state index in [0.717, 1.165) is 5.69 Å². The molecular formula is C30H31F2N3O5S. The highest BCUT2D eigenvalue weighted by atomic mass is 32.2. The van der Waals surface area contributed by atoms with Crippen LogP contribution in [0.5, 0.6) is 5.75 Å². The Balaban J connectivity index is 1.46. The fraction of sp³-hybridized carbons (Fsp3) is 0.333. The van der Waals surface area contributed by atoms with Crippen LogP contribution in [0.15, 0.2) is 83.8 Å². The Bertz CT molecular complexity index is 1450. The number of halogens is 2. The number of benzene rings is 3. The van der Waals surface area contributed by atoms with E-state index in [0.29, 0.717) is 29.8 Å². The summed E-state index contributed by atoms with van der Waals surface area (Å²) >= 11 is 0. The van der Waals surface area contributed by atoms with Gasteiger partial charge in [-0.15, -0.1) is 0 Å². The predicted octanol–water partition coefficient (Wildman–Crippen LogP) is 5.13. The first-order chi connectivity index (χ1) is 19.7. The van der Waals surface area contributed by atoms with Crippen LogP contribution in [0.3, 0.4) is 0 Å². The Hall–Kier alpha value is -4.01. The van der Waals surface area contributed by atoms with Gasteiger partial charge in [-0.2, -0.15) is 14.0 Å². The molecule has 3 atom stereocenters. The summed E-state index contributed by atoms with van der Waals surface area (Å²) in [4.78, 5) is 15.2. The standard InChI is InChI=1S/C30H31F2N3O5S/c1-2-41(37,38)27-14-10-21(11-15-27)28(16-17-33)34-29(36)22-8-12-23(13-9-22)35-19-26(18-24(35)20-39-30(31)32)40-25-6-4-3-5-7-25/h3-15,24,26,28,30H,2,16,18-20H2,1H3,(H,34,36)/t24-,26-,28-/m0/s1. The van der Waals surface area contributed by atoms with Gasteiger partial charge >= 0.3 is 6.61 Å². The summed E-state index contributed by atoms with van der Waals surface area (Å²) in [5.41, 5.74) is 1.68. The van der Waals surface area contributed by atoms with Crippen molar-refractivity contribution < 1.29 is 31.5 Å². The minimum Gasteiger partial charge on any atom is -0.489 e. The van der Waals surface area contributed by atoms with Crippen LogP contribution in [0, 0.1) is 11.3 Å². The van der Waals surface area contributed by atoms with Crippen molar-refractivity contribution in [3.8, 4) is 11.8 Å². The van der Waals surface area contributed by atoms with Crippen LogP contribution in [0.2, 0.25) is 0 Å². The number of alkyl halides is 2. The highest BCUT2D eigenvalue weighted by Crippen LogP contribution is 2.30. The Morgan fingerprint density at radius 1 is 1.07 bits per heavy atom. The van der Waals surface area contributed by atoms with Gasteiger partial charge in [0.2, 0.25) is 0 Å². The van der Waals surface area contributed by atoms with E-state index in [4.69, 9.17) is 4.74 Å². The predicted molar refractivity (Wildman–Crippen MR) is 150 cm³/mol. The summed E-state index contributed by atoms with van der Waals surface area (Å²) in [7, 11) is -3.37. The smallest absolute Gasteiger partial charge is 0.345 e. The lowest BCUT2D eigenvalue weighted by Gasteiger charge is -2.26. The van der Waals surface area contributed by atoms with Crippen LogP contribution < -0.4 is 15.0 Å². The number of nitrogens with one attached hydrogen (secondary N) is 1. The molecule has 0 saturated carbocycles. The zero-order valence-electron chi connectivity index (χ0n) is 22.5.